The average molecular weight is 301 g/mol. The summed E-state index contributed by atoms with van der Waals surface area (Å²) in [5.41, 5.74) is 1.32. The molecule has 0 aliphatic rings. The van der Waals surface area contributed by atoms with E-state index in [2.05, 4.69) is 0 Å². The molecule has 0 bridgehead atoms. The van der Waals surface area contributed by atoms with E-state index in [0.29, 0.717) is 24.3 Å². The third kappa shape index (κ3) is 4.29. The van der Waals surface area contributed by atoms with Crippen molar-refractivity contribution in [3.63, 3.8) is 0 Å². The third-order valence-electron chi connectivity index (χ3n) is 2.71. The van der Waals surface area contributed by atoms with E-state index in [0.717, 1.165) is 0 Å². The van der Waals surface area contributed by atoms with Gasteiger partial charge in [-0.2, -0.15) is 0 Å². The minimum Gasteiger partial charge on any atom is -0.460 e. The summed E-state index contributed by atoms with van der Waals surface area (Å²) < 4.78 is 33.0. The number of primary sulfonamides is 1. The van der Waals surface area contributed by atoms with Crippen molar-refractivity contribution >= 4 is 16.0 Å². The molecule has 2 N–H and O–H groups in total. The summed E-state index contributed by atoms with van der Waals surface area (Å²) in [6.07, 6.45) is 0. The van der Waals surface area contributed by atoms with Crippen LogP contribution in [0.3, 0.4) is 0 Å². The van der Waals surface area contributed by atoms with Crippen LogP contribution in [0.1, 0.15) is 28.4 Å². The van der Waals surface area contributed by atoms with Gasteiger partial charge >= 0.3 is 5.97 Å². The molecule has 0 spiro atoms. The van der Waals surface area contributed by atoms with Gasteiger partial charge < -0.3 is 9.47 Å². The molecular weight excluding hydrogens is 282 g/mol. The lowest BCUT2D eigenvalue weighted by atomic mass is 10.1. The summed E-state index contributed by atoms with van der Waals surface area (Å²) in [7, 11) is -3.87. The van der Waals surface area contributed by atoms with Crippen LogP contribution in [-0.4, -0.2) is 34.2 Å². The van der Waals surface area contributed by atoms with Crippen LogP contribution < -0.4 is 5.14 Å². The molecule has 1 rings (SSSR count). The fourth-order valence-electron chi connectivity index (χ4n) is 1.77. The zero-order valence-electron chi connectivity index (χ0n) is 11.8. The van der Waals surface area contributed by atoms with Crippen LogP contribution in [0.25, 0.3) is 0 Å². The van der Waals surface area contributed by atoms with Gasteiger partial charge in [-0.25, -0.2) is 18.4 Å². The van der Waals surface area contributed by atoms with Crippen molar-refractivity contribution in [3.05, 3.63) is 28.8 Å². The molecule has 1 aromatic rings. The van der Waals surface area contributed by atoms with Gasteiger partial charge in [0.15, 0.2) is 0 Å². The number of nitrogens with two attached hydrogens (primary N) is 1. The molecule has 0 unspecified atom stereocenters. The lowest BCUT2D eigenvalue weighted by molar-refractivity contribution is 0.0334. The van der Waals surface area contributed by atoms with Crippen LogP contribution in [0.15, 0.2) is 17.0 Å². The molecule has 0 atom stereocenters. The molecular formula is C13H19NO5S. The molecule has 20 heavy (non-hydrogen) atoms. The Morgan fingerprint density at radius 2 is 1.85 bits per heavy atom. The third-order valence-corrected chi connectivity index (χ3v) is 3.77. The Morgan fingerprint density at radius 1 is 1.20 bits per heavy atom. The van der Waals surface area contributed by atoms with Crippen LogP contribution in [0.5, 0.6) is 0 Å². The van der Waals surface area contributed by atoms with Crippen molar-refractivity contribution in [1.82, 2.24) is 0 Å². The van der Waals surface area contributed by atoms with Crippen molar-refractivity contribution in [2.24, 2.45) is 5.14 Å². The summed E-state index contributed by atoms with van der Waals surface area (Å²) in [6, 6.07) is 2.85. The van der Waals surface area contributed by atoms with E-state index in [1.165, 1.54) is 6.07 Å². The summed E-state index contributed by atoms with van der Waals surface area (Å²) in [5, 5.41) is 5.12. The molecule has 0 saturated carbocycles. The van der Waals surface area contributed by atoms with Gasteiger partial charge in [0.1, 0.15) is 6.61 Å². The number of rotatable bonds is 6. The van der Waals surface area contributed by atoms with Gasteiger partial charge in [-0.1, -0.05) is 6.07 Å². The number of hydrogen-bond donors (Lipinski definition) is 1. The number of sulfonamides is 1. The van der Waals surface area contributed by atoms with Crippen LogP contribution in [0, 0.1) is 13.8 Å². The Kier molecular flexibility index (Phi) is 5.67. The first-order valence-electron chi connectivity index (χ1n) is 6.16. The maximum atomic E-state index is 11.9. The molecule has 0 fully saturated rings. The smallest absolute Gasteiger partial charge is 0.338 e. The molecule has 7 heteroatoms. The van der Waals surface area contributed by atoms with E-state index in [-0.39, 0.29) is 17.1 Å². The number of carbonyl (C=O) groups is 1. The Balaban J connectivity index is 2.98. The zero-order chi connectivity index (χ0) is 15.3. The van der Waals surface area contributed by atoms with Crippen molar-refractivity contribution in [2.75, 3.05) is 19.8 Å². The summed E-state index contributed by atoms with van der Waals surface area (Å²) in [5.74, 6) is -0.591. The second-order valence-electron chi connectivity index (χ2n) is 4.31. The second-order valence-corrected chi connectivity index (χ2v) is 5.84. The molecule has 0 amide bonds. The van der Waals surface area contributed by atoms with E-state index in [4.69, 9.17) is 14.6 Å². The fraction of sp³-hybridized carbons (Fsp3) is 0.462. The van der Waals surface area contributed by atoms with Gasteiger partial charge in [0.2, 0.25) is 10.0 Å². The first-order valence-corrected chi connectivity index (χ1v) is 7.71. The normalized spacial score (nSPS) is 11.4. The molecule has 6 nitrogen and oxygen atoms in total. The minimum absolute atomic E-state index is 0.0696. The predicted molar refractivity (Wildman–Crippen MR) is 74.1 cm³/mol. The number of hydrogen-bond acceptors (Lipinski definition) is 5. The van der Waals surface area contributed by atoms with Crippen molar-refractivity contribution < 1.29 is 22.7 Å². The molecule has 1 aromatic carbocycles. The fourth-order valence-corrected chi connectivity index (χ4v) is 2.56. The Bertz CT molecular complexity index is 595. The summed E-state index contributed by atoms with van der Waals surface area (Å²) in [4.78, 5) is 11.8. The molecule has 0 aromatic heterocycles. The lowest BCUT2D eigenvalue weighted by Gasteiger charge is -2.11. The largest absolute Gasteiger partial charge is 0.460 e. The Hall–Kier alpha value is -1.44. The number of benzene rings is 1. The van der Waals surface area contributed by atoms with Crippen LogP contribution >= 0.6 is 0 Å². The summed E-state index contributed by atoms with van der Waals surface area (Å²) >= 11 is 0. The van der Waals surface area contributed by atoms with Gasteiger partial charge in [-0.15, -0.1) is 0 Å². The SMILES string of the molecule is CCOCCOC(=O)c1cc(S(N)(=O)=O)c(C)cc1C. The van der Waals surface area contributed by atoms with E-state index < -0.39 is 16.0 Å². The van der Waals surface area contributed by atoms with E-state index in [9.17, 15) is 13.2 Å². The van der Waals surface area contributed by atoms with Crippen molar-refractivity contribution in [1.29, 1.82) is 0 Å². The second kappa shape index (κ2) is 6.83. The van der Waals surface area contributed by atoms with Gasteiger partial charge in [-0.3, -0.25) is 0 Å². The van der Waals surface area contributed by atoms with Crippen LogP contribution in [-0.2, 0) is 19.5 Å². The quantitative estimate of drug-likeness (QED) is 0.628. The average Bonchev–Trinajstić information content (AvgIpc) is 2.32. The van der Waals surface area contributed by atoms with Gasteiger partial charge in [0, 0.05) is 6.61 Å². The minimum atomic E-state index is -3.87. The molecule has 112 valence electrons. The Labute approximate surface area is 118 Å². The maximum Gasteiger partial charge on any atom is 0.338 e. The van der Waals surface area contributed by atoms with E-state index >= 15 is 0 Å². The highest BCUT2D eigenvalue weighted by molar-refractivity contribution is 7.89. The highest BCUT2D eigenvalue weighted by Crippen LogP contribution is 2.20. The number of carbonyl (C=O) groups excluding carboxylic acids is 1. The van der Waals surface area contributed by atoms with Gasteiger partial charge in [0.25, 0.3) is 0 Å². The van der Waals surface area contributed by atoms with Gasteiger partial charge in [-0.05, 0) is 38.0 Å². The van der Waals surface area contributed by atoms with E-state index in [1.807, 2.05) is 6.92 Å². The molecule has 0 aliphatic heterocycles. The first-order chi connectivity index (χ1) is 9.27. The van der Waals surface area contributed by atoms with Crippen LogP contribution in [0.4, 0.5) is 0 Å². The zero-order valence-corrected chi connectivity index (χ0v) is 12.6. The van der Waals surface area contributed by atoms with Crippen molar-refractivity contribution in [2.45, 2.75) is 25.7 Å². The van der Waals surface area contributed by atoms with Crippen molar-refractivity contribution in [3.8, 4) is 0 Å². The van der Waals surface area contributed by atoms with Gasteiger partial charge in [0.05, 0.1) is 17.1 Å². The number of ether oxygens (including phenoxy) is 2. The number of aryl methyl sites for hydroxylation is 2. The maximum absolute atomic E-state index is 11.9. The highest BCUT2D eigenvalue weighted by Gasteiger charge is 2.18. The standard InChI is InChI=1S/C13H19NO5S/c1-4-18-5-6-19-13(15)11-8-12(20(14,16)17)10(3)7-9(11)2/h7-8H,4-6H2,1-3H3,(H2,14,16,17). The monoisotopic (exact) mass is 301 g/mol. The van der Waals surface area contributed by atoms with Crippen LogP contribution in [0.2, 0.25) is 0 Å². The number of esters is 1. The van der Waals surface area contributed by atoms with E-state index in [1.54, 1.807) is 19.9 Å². The Morgan fingerprint density at radius 3 is 2.40 bits per heavy atom. The predicted octanol–water partition coefficient (Wildman–Crippen LogP) is 1.14. The topological polar surface area (TPSA) is 95.7 Å². The molecule has 0 aliphatic carbocycles. The molecule has 0 radical (unpaired) electrons. The summed E-state index contributed by atoms with van der Waals surface area (Å²) in [6.45, 7) is 6.12. The highest BCUT2D eigenvalue weighted by atomic mass is 32.2. The molecule has 0 saturated heterocycles. The lowest BCUT2D eigenvalue weighted by Crippen LogP contribution is -2.17. The first kappa shape index (κ1) is 16.6. The molecule has 0 heterocycles.